The molecule has 1 heterocycles. The van der Waals surface area contributed by atoms with Crippen molar-refractivity contribution < 1.29 is 14.3 Å². The van der Waals surface area contributed by atoms with E-state index >= 15 is 0 Å². The highest BCUT2D eigenvalue weighted by atomic mass is 35.5. The third-order valence-corrected chi connectivity index (χ3v) is 4.46. The molecule has 1 atom stereocenters. The number of hydrogen-bond donors (Lipinski definition) is 0. The lowest BCUT2D eigenvalue weighted by molar-refractivity contribution is -0.152. The lowest BCUT2D eigenvalue weighted by Crippen LogP contribution is -2.30. The summed E-state index contributed by atoms with van der Waals surface area (Å²) < 4.78 is 11.1. The monoisotopic (exact) mass is 294 g/mol. The highest BCUT2D eigenvalue weighted by molar-refractivity contribution is 6.30. The molecule has 1 saturated heterocycles. The van der Waals surface area contributed by atoms with Gasteiger partial charge in [-0.3, -0.25) is 4.79 Å². The normalized spacial score (nSPS) is 24.1. The third-order valence-electron chi connectivity index (χ3n) is 4.21. The molecule has 0 N–H and O–H groups in total. The summed E-state index contributed by atoms with van der Waals surface area (Å²) in [4.78, 5) is 12.3. The average Bonchev–Trinajstić information content (AvgIpc) is 3.28. The van der Waals surface area contributed by atoms with Crippen molar-refractivity contribution in [3.05, 3.63) is 34.9 Å². The zero-order chi connectivity index (χ0) is 14.0. The minimum absolute atomic E-state index is 0.0775. The van der Waals surface area contributed by atoms with Crippen molar-refractivity contribution in [2.75, 3.05) is 13.2 Å². The van der Waals surface area contributed by atoms with Crippen molar-refractivity contribution in [1.82, 2.24) is 0 Å². The quantitative estimate of drug-likeness (QED) is 0.798. The molecule has 1 aromatic carbocycles. The van der Waals surface area contributed by atoms with Crippen LogP contribution in [0, 0.1) is 0 Å². The first-order valence-electron chi connectivity index (χ1n) is 7.26. The minimum Gasteiger partial charge on any atom is -0.462 e. The number of esters is 1. The first-order valence-corrected chi connectivity index (χ1v) is 7.63. The molecular weight excluding hydrogens is 276 g/mol. The van der Waals surface area contributed by atoms with Crippen molar-refractivity contribution in [3.8, 4) is 0 Å². The summed E-state index contributed by atoms with van der Waals surface area (Å²) in [5, 5.41) is 0.688. The standard InChI is InChI=1S/C16H19ClO3/c17-13-6-4-12(5-7-13)16(8-9-16)15(18)20-11-14-3-1-2-10-19-14/h4-7,14H,1-3,8-11H2. The van der Waals surface area contributed by atoms with Crippen molar-refractivity contribution in [2.24, 2.45) is 0 Å². The fraction of sp³-hybridized carbons (Fsp3) is 0.562. The predicted octanol–water partition coefficient (Wildman–Crippen LogP) is 3.48. The maximum Gasteiger partial charge on any atom is 0.316 e. The fourth-order valence-corrected chi connectivity index (χ4v) is 2.88. The Bertz CT molecular complexity index is 473. The van der Waals surface area contributed by atoms with Gasteiger partial charge < -0.3 is 9.47 Å². The Kier molecular flexibility index (Phi) is 3.99. The molecule has 0 spiro atoms. The Morgan fingerprint density at radius 1 is 1.30 bits per heavy atom. The summed E-state index contributed by atoms with van der Waals surface area (Å²) in [5.74, 6) is -0.117. The second-order valence-corrected chi connectivity index (χ2v) is 6.11. The van der Waals surface area contributed by atoms with Gasteiger partial charge in [-0.25, -0.2) is 0 Å². The van der Waals surface area contributed by atoms with E-state index in [0.29, 0.717) is 11.6 Å². The largest absolute Gasteiger partial charge is 0.462 e. The van der Waals surface area contributed by atoms with Gasteiger partial charge in [0, 0.05) is 11.6 Å². The SMILES string of the molecule is O=C(OCC1CCCCO1)C1(c2ccc(Cl)cc2)CC1. The Morgan fingerprint density at radius 3 is 2.65 bits per heavy atom. The molecular formula is C16H19ClO3. The molecule has 0 bridgehead atoms. The molecule has 108 valence electrons. The second-order valence-electron chi connectivity index (χ2n) is 5.68. The highest BCUT2D eigenvalue weighted by Gasteiger charge is 2.52. The van der Waals surface area contributed by atoms with Crippen LogP contribution in [0.5, 0.6) is 0 Å². The van der Waals surface area contributed by atoms with Gasteiger partial charge in [-0.2, -0.15) is 0 Å². The summed E-state index contributed by atoms with van der Waals surface area (Å²) in [5.41, 5.74) is 0.579. The molecule has 3 nitrogen and oxygen atoms in total. The third kappa shape index (κ3) is 2.84. The lowest BCUT2D eigenvalue weighted by Gasteiger charge is -2.23. The first kappa shape index (κ1) is 13.9. The van der Waals surface area contributed by atoms with Crippen LogP contribution in [-0.2, 0) is 19.7 Å². The number of carbonyl (C=O) groups excluding carboxylic acids is 1. The summed E-state index contributed by atoms with van der Waals surface area (Å²) in [6.07, 6.45) is 5.05. The Hall–Kier alpha value is -1.06. The van der Waals surface area contributed by atoms with E-state index in [-0.39, 0.29) is 12.1 Å². The van der Waals surface area contributed by atoms with Crippen LogP contribution in [0.25, 0.3) is 0 Å². The van der Waals surface area contributed by atoms with Crippen LogP contribution in [0.15, 0.2) is 24.3 Å². The Balaban J connectivity index is 1.60. The summed E-state index contributed by atoms with van der Waals surface area (Å²) in [6, 6.07) is 7.50. The minimum atomic E-state index is -0.431. The molecule has 1 unspecified atom stereocenters. The van der Waals surface area contributed by atoms with Crippen molar-refractivity contribution in [2.45, 2.75) is 43.6 Å². The van der Waals surface area contributed by atoms with Crippen molar-refractivity contribution in [1.29, 1.82) is 0 Å². The maximum atomic E-state index is 12.3. The van der Waals surface area contributed by atoms with Gasteiger partial charge in [0.15, 0.2) is 0 Å². The van der Waals surface area contributed by atoms with Crippen molar-refractivity contribution in [3.63, 3.8) is 0 Å². The Morgan fingerprint density at radius 2 is 2.05 bits per heavy atom. The van der Waals surface area contributed by atoms with Gasteiger partial charge in [0.05, 0.1) is 11.5 Å². The van der Waals surface area contributed by atoms with Crippen molar-refractivity contribution >= 4 is 17.6 Å². The van der Waals surface area contributed by atoms with Crippen LogP contribution in [0.4, 0.5) is 0 Å². The van der Waals surface area contributed by atoms with Gasteiger partial charge in [-0.1, -0.05) is 23.7 Å². The zero-order valence-electron chi connectivity index (χ0n) is 11.4. The van der Waals surface area contributed by atoms with Gasteiger partial charge in [0.2, 0.25) is 0 Å². The van der Waals surface area contributed by atoms with Crippen LogP contribution >= 0.6 is 11.6 Å². The van der Waals surface area contributed by atoms with Crippen LogP contribution < -0.4 is 0 Å². The van der Waals surface area contributed by atoms with Crippen LogP contribution in [0.3, 0.4) is 0 Å². The van der Waals surface area contributed by atoms with E-state index in [2.05, 4.69) is 0 Å². The van der Waals surface area contributed by atoms with Crippen LogP contribution in [0.2, 0.25) is 5.02 Å². The number of benzene rings is 1. The van der Waals surface area contributed by atoms with E-state index < -0.39 is 5.41 Å². The van der Waals surface area contributed by atoms with E-state index in [1.807, 2.05) is 24.3 Å². The summed E-state index contributed by atoms with van der Waals surface area (Å²) >= 11 is 5.89. The van der Waals surface area contributed by atoms with Gasteiger partial charge in [-0.05, 0) is 49.8 Å². The first-order chi connectivity index (χ1) is 9.71. The molecule has 0 amide bonds. The smallest absolute Gasteiger partial charge is 0.316 e. The second kappa shape index (κ2) is 5.74. The van der Waals surface area contributed by atoms with E-state index in [0.717, 1.165) is 44.3 Å². The van der Waals surface area contributed by atoms with Gasteiger partial charge in [0.25, 0.3) is 0 Å². The van der Waals surface area contributed by atoms with Gasteiger partial charge >= 0.3 is 5.97 Å². The van der Waals surface area contributed by atoms with E-state index in [1.165, 1.54) is 0 Å². The number of carbonyl (C=O) groups is 1. The van der Waals surface area contributed by atoms with Crippen LogP contribution in [-0.4, -0.2) is 25.3 Å². The topological polar surface area (TPSA) is 35.5 Å². The molecule has 2 fully saturated rings. The van der Waals surface area contributed by atoms with Gasteiger partial charge in [-0.15, -0.1) is 0 Å². The molecule has 2 aliphatic rings. The number of hydrogen-bond acceptors (Lipinski definition) is 3. The summed E-state index contributed by atoms with van der Waals surface area (Å²) in [6.45, 7) is 1.17. The number of halogens is 1. The Labute approximate surface area is 124 Å². The number of rotatable bonds is 4. The molecule has 1 aromatic rings. The summed E-state index contributed by atoms with van der Waals surface area (Å²) in [7, 11) is 0. The predicted molar refractivity (Wildman–Crippen MR) is 76.9 cm³/mol. The fourth-order valence-electron chi connectivity index (χ4n) is 2.75. The lowest BCUT2D eigenvalue weighted by atomic mass is 9.96. The molecule has 3 rings (SSSR count). The molecule has 0 aromatic heterocycles. The van der Waals surface area contributed by atoms with Crippen LogP contribution in [0.1, 0.15) is 37.7 Å². The molecule has 4 heteroatoms. The molecule has 1 saturated carbocycles. The molecule has 0 radical (unpaired) electrons. The van der Waals surface area contributed by atoms with E-state index in [1.54, 1.807) is 0 Å². The van der Waals surface area contributed by atoms with E-state index in [9.17, 15) is 4.79 Å². The number of ether oxygens (including phenoxy) is 2. The highest BCUT2D eigenvalue weighted by Crippen LogP contribution is 2.49. The maximum absolute atomic E-state index is 12.3. The zero-order valence-corrected chi connectivity index (χ0v) is 12.2. The van der Waals surface area contributed by atoms with E-state index in [4.69, 9.17) is 21.1 Å². The molecule has 1 aliphatic heterocycles. The molecule has 1 aliphatic carbocycles. The van der Waals surface area contributed by atoms with Gasteiger partial charge in [0.1, 0.15) is 6.61 Å². The average molecular weight is 295 g/mol. The molecule has 20 heavy (non-hydrogen) atoms.